The van der Waals surface area contributed by atoms with Crippen LogP contribution >= 0.6 is 0 Å². The normalized spacial score (nSPS) is 27.3. The van der Waals surface area contributed by atoms with Gasteiger partial charge in [-0.3, -0.25) is 4.79 Å². The summed E-state index contributed by atoms with van der Waals surface area (Å²) in [7, 11) is 0. The second-order valence-corrected chi connectivity index (χ2v) is 3.64. The van der Waals surface area contributed by atoms with Gasteiger partial charge in [0, 0.05) is 6.42 Å². The van der Waals surface area contributed by atoms with Crippen LogP contribution in [0.2, 0.25) is 0 Å². The van der Waals surface area contributed by atoms with Gasteiger partial charge in [-0.1, -0.05) is 12.1 Å². The summed E-state index contributed by atoms with van der Waals surface area (Å²) in [6, 6.07) is 4.83. The Kier molecular flexibility index (Phi) is 1.77. The molecule has 0 amide bonds. The standard InChI is InChI=1S/C10H8F2O3/c11-10(12)5-9(10,8(14)15)6-1-3-7(13)4-2-6/h1-4,13H,5H2,(H,14,15). The van der Waals surface area contributed by atoms with E-state index in [9.17, 15) is 13.6 Å². The van der Waals surface area contributed by atoms with E-state index in [0.717, 1.165) is 0 Å². The molecule has 0 aromatic heterocycles. The molecule has 80 valence electrons. The summed E-state index contributed by atoms with van der Waals surface area (Å²) >= 11 is 0. The van der Waals surface area contributed by atoms with E-state index < -0.39 is 23.7 Å². The zero-order chi connectivity index (χ0) is 11.3. The van der Waals surface area contributed by atoms with Crippen molar-refractivity contribution < 1.29 is 23.8 Å². The molecule has 5 heteroatoms. The molecular formula is C10H8F2O3. The van der Waals surface area contributed by atoms with Crippen molar-refractivity contribution >= 4 is 5.97 Å². The van der Waals surface area contributed by atoms with Gasteiger partial charge in [-0.25, -0.2) is 8.78 Å². The third-order valence-corrected chi connectivity index (χ3v) is 2.71. The van der Waals surface area contributed by atoms with Gasteiger partial charge >= 0.3 is 5.97 Å². The number of alkyl halides is 2. The van der Waals surface area contributed by atoms with Crippen LogP contribution in [0.25, 0.3) is 0 Å². The van der Waals surface area contributed by atoms with Crippen molar-refractivity contribution in [2.45, 2.75) is 17.8 Å². The molecular weight excluding hydrogens is 206 g/mol. The number of aliphatic carboxylic acids is 1. The molecule has 0 radical (unpaired) electrons. The number of carbonyl (C=O) groups is 1. The van der Waals surface area contributed by atoms with Gasteiger partial charge in [0.05, 0.1) is 0 Å². The molecule has 1 saturated carbocycles. The number of hydrogen-bond acceptors (Lipinski definition) is 2. The minimum atomic E-state index is -3.20. The molecule has 1 atom stereocenters. The van der Waals surface area contributed by atoms with Crippen LogP contribution in [0.1, 0.15) is 12.0 Å². The fourth-order valence-electron chi connectivity index (χ4n) is 1.70. The number of phenols is 1. The van der Waals surface area contributed by atoms with Gasteiger partial charge in [0.2, 0.25) is 0 Å². The van der Waals surface area contributed by atoms with E-state index >= 15 is 0 Å². The van der Waals surface area contributed by atoms with Crippen molar-refractivity contribution in [1.29, 1.82) is 0 Å². The van der Waals surface area contributed by atoms with E-state index in [1.54, 1.807) is 0 Å². The maximum absolute atomic E-state index is 13.0. The maximum atomic E-state index is 13.0. The predicted molar refractivity (Wildman–Crippen MR) is 47.0 cm³/mol. The predicted octanol–water partition coefficient (Wildman–Crippen LogP) is 1.75. The quantitative estimate of drug-likeness (QED) is 0.788. The lowest BCUT2D eigenvalue weighted by molar-refractivity contribution is -0.142. The average molecular weight is 214 g/mol. The van der Waals surface area contributed by atoms with Crippen LogP contribution in [0.5, 0.6) is 5.75 Å². The third-order valence-electron chi connectivity index (χ3n) is 2.71. The van der Waals surface area contributed by atoms with Gasteiger partial charge in [0.1, 0.15) is 5.75 Å². The van der Waals surface area contributed by atoms with E-state index in [1.165, 1.54) is 24.3 Å². The fraction of sp³-hybridized carbons (Fsp3) is 0.300. The Hall–Kier alpha value is -1.65. The smallest absolute Gasteiger partial charge is 0.320 e. The van der Waals surface area contributed by atoms with E-state index in [0.29, 0.717) is 0 Å². The van der Waals surface area contributed by atoms with Crippen LogP contribution in [0.4, 0.5) is 8.78 Å². The highest BCUT2D eigenvalue weighted by Crippen LogP contribution is 2.61. The molecule has 1 aromatic carbocycles. The van der Waals surface area contributed by atoms with Crippen molar-refractivity contribution in [3.63, 3.8) is 0 Å². The van der Waals surface area contributed by atoms with Crippen molar-refractivity contribution in [2.75, 3.05) is 0 Å². The van der Waals surface area contributed by atoms with Crippen LogP contribution in [-0.4, -0.2) is 22.1 Å². The summed E-state index contributed by atoms with van der Waals surface area (Å²) in [4.78, 5) is 10.8. The first-order valence-corrected chi connectivity index (χ1v) is 4.31. The Morgan fingerprint density at radius 1 is 1.27 bits per heavy atom. The largest absolute Gasteiger partial charge is 0.508 e. The molecule has 1 unspecified atom stereocenters. The lowest BCUT2D eigenvalue weighted by Crippen LogP contribution is -2.26. The van der Waals surface area contributed by atoms with Gasteiger partial charge in [-0.05, 0) is 17.7 Å². The second kappa shape index (κ2) is 2.68. The van der Waals surface area contributed by atoms with E-state index in [1.807, 2.05) is 0 Å². The molecule has 0 aliphatic heterocycles. The highest BCUT2D eigenvalue weighted by molar-refractivity contribution is 5.87. The molecule has 1 aliphatic carbocycles. The van der Waals surface area contributed by atoms with Crippen molar-refractivity contribution in [3.05, 3.63) is 29.8 Å². The molecule has 0 spiro atoms. The Labute approximate surface area is 84.0 Å². The minimum absolute atomic E-state index is 0.0257. The Morgan fingerprint density at radius 2 is 1.73 bits per heavy atom. The number of halogens is 2. The second-order valence-electron chi connectivity index (χ2n) is 3.64. The van der Waals surface area contributed by atoms with Crippen molar-refractivity contribution in [3.8, 4) is 5.75 Å². The van der Waals surface area contributed by atoms with Crippen LogP contribution in [0.3, 0.4) is 0 Å². The topological polar surface area (TPSA) is 57.5 Å². The first kappa shape index (κ1) is 9.89. The molecule has 15 heavy (non-hydrogen) atoms. The zero-order valence-corrected chi connectivity index (χ0v) is 7.58. The molecule has 0 bridgehead atoms. The number of hydrogen-bond donors (Lipinski definition) is 2. The van der Waals surface area contributed by atoms with E-state index in [2.05, 4.69) is 0 Å². The number of aromatic hydroxyl groups is 1. The van der Waals surface area contributed by atoms with Crippen LogP contribution in [0, 0.1) is 0 Å². The van der Waals surface area contributed by atoms with Crippen LogP contribution in [0.15, 0.2) is 24.3 Å². The number of carboxylic acid groups (broad SMARTS) is 1. The summed E-state index contributed by atoms with van der Waals surface area (Å²) in [5.74, 6) is -4.81. The first-order valence-electron chi connectivity index (χ1n) is 4.31. The molecule has 2 rings (SSSR count). The molecule has 1 fully saturated rings. The van der Waals surface area contributed by atoms with Crippen molar-refractivity contribution in [1.82, 2.24) is 0 Å². The van der Waals surface area contributed by atoms with Gasteiger partial charge in [-0.15, -0.1) is 0 Å². The van der Waals surface area contributed by atoms with Gasteiger partial charge in [0.25, 0.3) is 5.92 Å². The fourth-order valence-corrected chi connectivity index (χ4v) is 1.70. The molecule has 3 nitrogen and oxygen atoms in total. The molecule has 1 aromatic rings. The SMILES string of the molecule is O=C(O)C1(c2ccc(O)cc2)CC1(F)F. The molecule has 2 N–H and O–H groups in total. The van der Waals surface area contributed by atoms with E-state index in [4.69, 9.17) is 10.2 Å². The molecule has 0 heterocycles. The highest BCUT2D eigenvalue weighted by Gasteiger charge is 2.77. The average Bonchev–Trinajstić information content (AvgIpc) is 2.72. The summed E-state index contributed by atoms with van der Waals surface area (Å²) in [5, 5.41) is 17.8. The number of rotatable bonds is 2. The summed E-state index contributed by atoms with van der Waals surface area (Å²) in [6.45, 7) is 0. The molecule has 1 aliphatic rings. The number of benzene rings is 1. The highest BCUT2D eigenvalue weighted by atomic mass is 19.3. The monoisotopic (exact) mass is 214 g/mol. The van der Waals surface area contributed by atoms with Gasteiger partial charge in [-0.2, -0.15) is 0 Å². The lowest BCUT2D eigenvalue weighted by Gasteiger charge is -2.11. The Bertz CT molecular complexity index is 413. The summed E-state index contributed by atoms with van der Waals surface area (Å²) in [6.07, 6.45) is -0.680. The summed E-state index contributed by atoms with van der Waals surface area (Å²) < 4.78 is 26.1. The molecule has 0 saturated heterocycles. The summed E-state index contributed by atoms with van der Waals surface area (Å²) in [5.41, 5.74) is -2.07. The maximum Gasteiger partial charge on any atom is 0.320 e. The van der Waals surface area contributed by atoms with E-state index in [-0.39, 0.29) is 11.3 Å². The Morgan fingerprint density at radius 3 is 2.07 bits per heavy atom. The number of carboxylic acids is 1. The third kappa shape index (κ3) is 1.19. The van der Waals surface area contributed by atoms with Crippen LogP contribution in [-0.2, 0) is 10.2 Å². The lowest BCUT2D eigenvalue weighted by atomic mass is 9.95. The Balaban J connectivity index is 2.45. The van der Waals surface area contributed by atoms with Crippen LogP contribution < -0.4 is 0 Å². The first-order chi connectivity index (χ1) is 6.90. The zero-order valence-electron chi connectivity index (χ0n) is 7.58. The van der Waals surface area contributed by atoms with Gasteiger partial charge in [0.15, 0.2) is 5.41 Å². The minimum Gasteiger partial charge on any atom is -0.508 e. The number of phenolic OH excluding ortho intramolecular Hbond substituents is 1. The van der Waals surface area contributed by atoms with Crippen molar-refractivity contribution in [2.24, 2.45) is 0 Å². The van der Waals surface area contributed by atoms with Gasteiger partial charge < -0.3 is 10.2 Å².